The van der Waals surface area contributed by atoms with E-state index in [1.165, 1.54) is 28.3 Å². The van der Waals surface area contributed by atoms with E-state index in [0.717, 1.165) is 0 Å². The van der Waals surface area contributed by atoms with Gasteiger partial charge in [0.15, 0.2) is 24.3 Å². The second-order valence-electron chi connectivity index (χ2n) is 17.9. The van der Waals surface area contributed by atoms with Crippen molar-refractivity contribution in [3.05, 3.63) is 0 Å². The maximum absolute atomic E-state index is 13.7. The maximum Gasteiger partial charge on any atom is 0.309 e. The predicted molar refractivity (Wildman–Crippen MR) is 224 cm³/mol. The number of hydrogen-bond donors (Lipinski definition) is 2. The lowest BCUT2D eigenvalue weighted by Gasteiger charge is -2.53. The van der Waals surface area contributed by atoms with E-state index in [-0.39, 0.29) is 38.0 Å². The van der Waals surface area contributed by atoms with Gasteiger partial charge < -0.3 is 67.4 Å². The number of β-amino-alcohol motifs (C(OH)–C–C–N with tert-alkyl or cyclic N) is 1. The monoisotopic (exact) mass is 891 g/mol. The molecule has 0 bridgehead atoms. The highest BCUT2D eigenvalue weighted by molar-refractivity contribution is 5.72. The largest absolute Gasteiger partial charge is 0.463 e. The molecule has 62 heavy (non-hydrogen) atoms. The standard InChI is InChI=1S/C44H78N2O16/c1-15-32(49)59-31-21-34(51)56-25(4)17-18-46(11)23-30(48)24(3)19-29(20-35(53-12)54-13)37(41(31)55-14)42-39(52)38(45(9)10)40(26(5)58-42)61-36-22-44(8,62-28(7)47)43(27(6)57-36)60-33(50)16-2/h24-27,29-31,35-43,48,52H,15-23H2,1-14H3/t24-,25-,26-,27+,29-,30+,31-,36-,37+,38-,39-,40-,41-,42+,43+,44-/m1/s1. The van der Waals surface area contributed by atoms with Gasteiger partial charge in [0.1, 0.15) is 24.4 Å². The highest BCUT2D eigenvalue weighted by Gasteiger charge is 2.56. The molecule has 18 nitrogen and oxygen atoms in total. The Bertz CT molecular complexity index is 1420. The van der Waals surface area contributed by atoms with Crippen molar-refractivity contribution in [2.24, 2.45) is 17.8 Å². The van der Waals surface area contributed by atoms with E-state index in [2.05, 4.69) is 0 Å². The number of carbonyl (C=O) groups excluding carboxylic acids is 4. The molecule has 0 radical (unpaired) electrons. The van der Waals surface area contributed by atoms with Gasteiger partial charge in [-0.05, 0) is 73.5 Å². The topological polar surface area (TPSA) is 208 Å². The van der Waals surface area contributed by atoms with Gasteiger partial charge in [-0.25, -0.2) is 0 Å². The molecular formula is C44H78N2O16. The van der Waals surface area contributed by atoms with Crippen molar-refractivity contribution in [2.75, 3.05) is 55.6 Å². The summed E-state index contributed by atoms with van der Waals surface area (Å²) in [6, 6.07) is -0.757. The van der Waals surface area contributed by atoms with E-state index in [4.69, 9.17) is 47.4 Å². The highest BCUT2D eigenvalue weighted by atomic mass is 16.7. The van der Waals surface area contributed by atoms with Crippen LogP contribution in [0, 0.1) is 17.8 Å². The third-order valence-corrected chi connectivity index (χ3v) is 12.6. The van der Waals surface area contributed by atoms with E-state index >= 15 is 0 Å². The Morgan fingerprint density at radius 1 is 0.952 bits per heavy atom. The van der Waals surface area contributed by atoms with Crippen molar-refractivity contribution in [1.29, 1.82) is 0 Å². The number of methoxy groups -OCH3 is 3. The molecule has 0 aromatic heterocycles. The third-order valence-electron chi connectivity index (χ3n) is 12.6. The molecule has 3 fully saturated rings. The van der Waals surface area contributed by atoms with Crippen LogP contribution in [0.15, 0.2) is 0 Å². The zero-order valence-electron chi connectivity index (χ0n) is 39.6. The van der Waals surface area contributed by atoms with Gasteiger partial charge in [-0.2, -0.15) is 0 Å². The normalized spacial score (nSPS) is 38.4. The van der Waals surface area contributed by atoms with Gasteiger partial charge in [0, 0.05) is 72.9 Å². The molecule has 3 heterocycles. The second kappa shape index (κ2) is 24.7. The molecule has 3 aliphatic heterocycles. The number of likely N-dealkylation sites (N-methyl/N-ethyl adjacent to an activating group) is 2. The van der Waals surface area contributed by atoms with Crippen molar-refractivity contribution < 1.29 is 76.8 Å². The van der Waals surface area contributed by atoms with Crippen molar-refractivity contribution in [1.82, 2.24) is 9.80 Å². The van der Waals surface area contributed by atoms with E-state index < -0.39 is 121 Å². The predicted octanol–water partition coefficient (Wildman–Crippen LogP) is 2.85. The van der Waals surface area contributed by atoms with Crippen LogP contribution in [0.2, 0.25) is 0 Å². The molecule has 3 aliphatic rings. The molecule has 3 rings (SSSR count). The van der Waals surface area contributed by atoms with Gasteiger partial charge in [0.05, 0.1) is 43.0 Å². The number of aliphatic hydroxyl groups is 2. The summed E-state index contributed by atoms with van der Waals surface area (Å²) < 4.78 is 61.1. The summed E-state index contributed by atoms with van der Waals surface area (Å²) in [6.45, 7) is 14.5. The number of nitrogens with zero attached hydrogens (tertiary/aromatic N) is 2. The lowest BCUT2D eigenvalue weighted by molar-refractivity contribution is -0.320. The third kappa shape index (κ3) is 14.5. The summed E-state index contributed by atoms with van der Waals surface area (Å²) in [6.07, 6.45) is -9.80. The number of cyclic esters (lactones) is 1. The number of aliphatic hydroxyl groups excluding tert-OH is 2. The molecule has 360 valence electrons. The molecule has 0 aromatic carbocycles. The van der Waals surface area contributed by atoms with Crippen molar-refractivity contribution in [3.63, 3.8) is 0 Å². The fourth-order valence-corrected chi connectivity index (χ4v) is 9.44. The fourth-order valence-electron chi connectivity index (χ4n) is 9.44. The number of carbonyl (C=O) groups is 4. The van der Waals surface area contributed by atoms with Crippen LogP contribution >= 0.6 is 0 Å². The Morgan fingerprint density at radius 2 is 1.58 bits per heavy atom. The molecular weight excluding hydrogens is 812 g/mol. The van der Waals surface area contributed by atoms with Crippen molar-refractivity contribution in [2.45, 2.75) is 186 Å². The number of ether oxygens (including phenoxy) is 10. The fraction of sp³-hybridized carbons (Fsp3) is 0.909. The minimum atomic E-state index is -1.31. The summed E-state index contributed by atoms with van der Waals surface area (Å²) in [4.78, 5) is 55.5. The van der Waals surface area contributed by atoms with Crippen LogP contribution in [0.25, 0.3) is 0 Å². The maximum atomic E-state index is 13.7. The molecule has 3 saturated heterocycles. The van der Waals surface area contributed by atoms with Crippen LogP contribution in [-0.4, -0.2) is 185 Å². The lowest BCUT2D eigenvalue weighted by atomic mass is 9.70. The molecule has 18 heteroatoms. The first kappa shape index (κ1) is 53.8. The smallest absolute Gasteiger partial charge is 0.309 e. The van der Waals surface area contributed by atoms with E-state index in [0.29, 0.717) is 25.9 Å². The average Bonchev–Trinajstić information content (AvgIpc) is 3.19. The van der Waals surface area contributed by atoms with Crippen LogP contribution in [0.1, 0.15) is 100 Å². The second-order valence-corrected chi connectivity index (χ2v) is 17.9. The zero-order chi connectivity index (χ0) is 46.6. The van der Waals surface area contributed by atoms with E-state index in [1.807, 2.05) is 30.7 Å². The molecule has 0 aliphatic carbocycles. The Balaban J connectivity index is 2.18. The molecule has 0 amide bonds. The van der Waals surface area contributed by atoms with Gasteiger partial charge in [0.25, 0.3) is 0 Å². The van der Waals surface area contributed by atoms with E-state index in [9.17, 15) is 29.4 Å². The summed E-state index contributed by atoms with van der Waals surface area (Å²) in [5.74, 6) is -3.81. The Kier molecular flexibility index (Phi) is 21.4. The quantitative estimate of drug-likeness (QED) is 0.146. The highest BCUT2D eigenvalue weighted by Crippen LogP contribution is 2.43. The first-order chi connectivity index (χ1) is 29.1. The van der Waals surface area contributed by atoms with Gasteiger partial charge in [0.2, 0.25) is 0 Å². The van der Waals surface area contributed by atoms with Gasteiger partial charge in [-0.15, -0.1) is 0 Å². The van der Waals surface area contributed by atoms with Crippen LogP contribution in [0.5, 0.6) is 0 Å². The minimum absolute atomic E-state index is 0.00193. The summed E-state index contributed by atoms with van der Waals surface area (Å²) in [7, 11) is 10.0. The molecule has 16 atom stereocenters. The van der Waals surface area contributed by atoms with Crippen LogP contribution in [-0.2, 0) is 66.5 Å². The van der Waals surface area contributed by atoms with Gasteiger partial charge >= 0.3 is 23.9 Å². The van der Waals surface area contributed by atoms with Crippen LogP contribution in [0.4, 0.5) is 0 Å². The Hall–Kier alpha value is -2.52. The SMILES string of the molecule is CCC(=O)O[C@@H]1CC(=O)O[C@H](C)CCN(C)C[C@H](O)[C@H](C)C[C@H](CC(OC)OC)[C@H]([C@@H]2O[C@H](C)[C@@H](O[C@@H]3C[C@@](C)(OC(C)=O)[C@@H](OC(=O)CC)[C@H](C)O3)[C@H](N(C)C)[C@H]2O)[C@@H]1OC. The van der Waals surface area contributed by atoms with E-state index in [1.54, 1.807) is 48.7 Å². The molecule has 0 aromatic rings. The number of esters is 4. The van der Waals surface area contributed by atoms with Crippen LogP contribution in [0.3, 0.4) is 0 Å². The average molecular weight is 891 g/mol. The van der Waals surface area contributed by atoms with Gasteiger partial charge in [-0.3, -0.25) is 19.2 Å². The molecule has 0 saturated carbocycles. The first-order valence-electron chi connectivity index (χ1n) is 22.2. The van der Waals surface area contributed by atoms with Gasteiger partial charge in [-0.1, -0.05) is 20.8 Å². The summed E-state index contributed by atoms with van der Waals surface area (Å²) in [5.41, 5.74) is -1.31. The number of rotatable bonds is 14. The lowest BCUT2D eigenvalue weighted by Crippen LogP contribution is -2.67. The minimum Gasteiger partial charge on any atom is -0.463 e. The van der Waals surface area contributed by atoms with Crippen molar-refractivity contribution in [3.8, 4) is 0 Å². The first-order valence-corrected chi connectivity index (χ1v) is 22.2. The molecule has 0 unspecified atom stereocenters. The summed E-state index contributed by atoms with van der Waals surface area (Å²) in [5, 5.41) is 24.4. The summed E-state index contributed by atoms with van der Waals surface area (Å²) >= 11 is 0. The zero-order valence-corrected chi connectivity index (χ0v) is 39.6. The number of hydrogen-bond acceptors (Lipinski definition) is 18. The Labute approximate surface area is 368 Å². The Morgan fingerprint density at radius 3 is 2.15 bits per heavy atom. The molecule has 0 spiro atoms. The van der Waals surface area contributed by atoms with Crippen LogP contribution < -0.4 is 0 Å². The molecule has 2 N–H and O–H groups in total. The van der Waals surface area contributed by atoms with Crippen molar-refractivity contribution >= 4 is 23.9 Å².